The van der Waals surface area contributed by atoms with Crippen LogP contribution in [-0.4, -0.2) is 18.1 Å². The summed E-state index contributed by atoms with van der Waals surface area (Å²) in [4.78, 5) is 16.5. The topological polar surface area (TPSA) is 63.2 Å². The number of carbonyl (C=O) groups is 1. The molecule has 0 saturated carbocycles. The first-order chi connectivity index (χ1) is 11.4. The number of carbonyl (C=O) groups excluding carboxylic acids is 1. The third-order valence-electron chi connectivity index (χ3n) is 3.38. The fraction of sp³-hybridized carbons (Fsp3) is 0.444. The molecule has 24 heavy (non-hydrogen) atoms. The Morgan fingerprint density at radius 1 is 1.21 bits per heavy atom. The number of methoxy groups -OCH3 is 1. The summed E-state index contributed by atoms with van der Waals surface area (Å²) in [6.07, 6.45) is 0. The van der Waals surface area contributed by atoms with Gasteiger partial charge in [-0.3, -0.25) is 0 Å². The number of urea groups is 1. The Balaban J connectivity index is 1.79. The molecule has 2 aromatic rings. The minimum absolute atomic E-state index is 0.0401. The van der Waals surface area contributed by atoms with Crippen molar-refractivity contribution in [3.05, 3.63) is 51.5 Å². The van der Waals surface area contributed by atoms with Crippen molar-refractivity contribution in [2.75, 3.05) is 7.11 Å². The molecule has 2 amide bonds. The summed E-state index contributed by atoms with van der Waals surface area (Å²) in [5.74, 6) is 0. The number of aromatic nitrogens is 1. The molecule has 1 aromatic heterocycles. The number of nitrogens with one attached hydrogen (secondary N) is 2. The van der Waals surface area contributed by atoms with Crippen molar-refractivity contribution in [2.45, 2.75) is 45.9 Å². The van der Waals surface area contributed by atoms with Gasteiger partial charge in [-0.1, -0.05) is 45.0 Å². The van der Waals surface area contributed by atoms with Gasteiger partial charge in [0.15, 0.2) is 0 Å². The molecule has 0 radical (unpaired) electrons. The van der Waals surface area contributed by atoms with Crippen molar-refractivity contribution in [3.63, 3.8) is 0 Å². The van der Waals surface area contributed by atoms with Crippen LogP contribution in [0, 0.1) is 0 Å². The lowest BCUT2D eigenvalue weighted by Crippen LogP contribution is -2.34. The van der Waals surface area contributed by atoms with E-state index in [1.165, 1.54) is 0 Å². The van der Waals surface area contributed by atoms with Crippen LogP contribution in [0.2, 0.25) is 0 Å². The van der Waals surface area contributed by atoms with Gasteiger partial charge in [0, 0.05) is 24.4 Å². The average Bonchev–Trinajstić information content (AvgIpc) is 3.01. The number of thiazole rings is 1. The fourth-order valence-electron chi connectivity index (χ4n) is 2.14. The van der Waals surface area contributed by atoms with Gasteiger partial charge in [0.2, 0.25) is 0 Å². The van der Waals surface area contributed by atoms with Gasteiger partial charge in [0.05, 0.1) is 23.9 Å². The lowest BCUT2D eigenvalue weighted by molar-refractivity contribution is 0.185. The van der Waals surface area contributed by atoms with Gasteiger partial charge in [0.25, 0.3) is 0 Å². The van der Waals surface area contributed by atoms with Crippen LogP contribution in [0.25, 0.3) is 0 Å². The van der Waals surface area contributed by atoms with E-state index in [0.29, 0.717) is 19.7 Å². The predicted molar refractivity (Wildman–Crippen MR) is 97.0 cm³/mol. The van der Waals surface area contributed by atoms with E-state index in [9.17, 15) is 4.79 Å². The zero-order valence-corrected chi connectivity index (χ0v) is 15.5. The van der Waals surface area contributed by atoms with Crippen molar-refractivity contribution >= 4 is 17.4 Å². The monoisotopic (exact) mass is 347 g/mol. The van der Waals surface area contributed by atoms with Crippen LogP contribution in [0.15, 0.2) is 29.6 Å². The molecule has 0 aliphatic rings. The molecule has 0 spiro atoms. The van der Waals surface area contributed by atoms with Crippen LogP contribution in [0.1, 0.15) is 42.6 Å². The highest BCUT2D eigenvalue weighted by Crippen LogP contribution is 2.25. The average molecular weight is 347 g/mol. The van der Waals surface area contributed by atoms with Crippen molar-refractivity contribution in [3.8, 4) is 0 Å². The Morgan fingerprint density at radius 3 is 2.58 bits per heavy atom. The summed E-state index contributed by atoms with van der Waals surface area (Å²) in [7, 11) is 1.67. The summed E-state index contributed by atoms with van der Waals surface area (Å²) in [6.45, 7) is 7.88. The molecule has 0 unspecified atom stereocenters. The molecule has 0 aliphatic carbocycles. The molecular weight excluding hydrogens is 322 g/mol. The summed E-state index contributed by atoms with van der Waals surface area (Å²) < 4.78 is 5.12. The van der Waals surface area contributed by atoms with Crippen LogP contribution in [0.5, 0.6) is 0 Å². The predicted octanol–water partition coefficient (Wildman–Crippen LogP) is 3.59. The third kappa shape index (κ3) is 5.62. The largest absolute Gasteiger partial charge is 0.380 e. The minimum atomic E-state index is -0.197. The Morgan fingerprint density at radius 2 is 1.92 bits per heavy atom. The van der Waals surface area contributed by atoms with Crippen LogP contribution in [-0.2, 0) is 29.8 Å². The number of nitrogens with zero attached hydrogens (tertiary/aromatic N) is 1. The lowest BCUT2D eigenvalue weighted by atomic mass is 9.98. The van der Waals surface area contributed by atoms with Gasteiger partial charge in [-0.25, -0.2) is 9.78 Å². The molecule has 1 heterocycles. The highest BCUT2D eigenvalue weighted by atomic mass is 32.1. The Kier molecular flexibility index (Phi) is 6.34. The maximum atomic E-state index is 11.9. The van der Waals surface area contributed by atoms with Gasteiger partial charge in [-0.05, 0) is 11.1 Å². The van der Waals surface area contributed by atoms with Gasteiger partial charge in [-0.15, -0.1) is 11.3 Å². The quantitative estimate of drug-likeness (QED) is 0.839. The van der Waals surface area contributed by atoms with Crippen molar-refractivity contribution in [1.29, 1.82) is 0 Å². The summed E-state index contributed by atoms with van der Waals surface area (Å²) in [6, 6.07) is 7.78. The molecule has 2 N–H and O–H groups in total. The molecule has 1 aromatic carbocycles. The van der Waals surface area contributed by atoms with Gasteiger partial charge in [0.1, 0.15) is 0 Å². The molecule has 0 bridgehead atoms. The number of hydrogen-bond donors (Lipinski definition) is 2. The molecule has 0 saturated heterocycles. The smallest absolute Gasteiger partial charge is 0.315 e. The summed E-state index contributed by atoms with van der Waals surface area (Å²) in [5.41, 5.74) is 3.07. The van der Waals surface area contributed by atoms with Crippen molar-refractivity contribution < 1.29 is 9.53 Å². The highest BCUT2D eigenvalue weighted by Gasteiger charge is 2.17. The summed E-state index contributed by atoms with van der Waals surface area (Å²) >= 11 is 1.63. The van der Waals surface area contributed by atoms with Gasteiger partial charge in [-0.2, -0.15) is 0 Å². The first kappa shape index (κ1) is 18.4. The molecule has 6 heteroatoms. The van der Waals surface area contributed by atoms with Crippen molar-refractivity contribution in [1.82, 2.24) is 15.6 Å². The molecule has 5 nitrogen and oxygen atoms in total. The zero-order valence-electron chi connectivity index (χ0n) is 14.7. The molecular formula is C18H25N3O2S. The lowest BCUT2D eigenvalue weighted by Gasteiger charge is -2.13. The van der Waals surface area contributed by atoms with E-state index < -0.39 is 0 Å². The molecule has 2 rings (SSSR count). The van der Waals surface area contributed by atoms with Crippen LogP contribution in [0.3, 0.4) is 0 Å². The second kappa shape index (κ2) is 8.26. The zero-order chi connectivity index (χ0) is 17.6. The first-order valence-electron chi connectivity index (χ1n) is 7.92. The Labute approximate surface area is 147 Å². The molecule has 130 valence electrons. The van der Waals surface area contributed by atoms with E-state index in [1.807, 2.05) is 29.6 Å². The maximum absolute atomic E-state index is 11.9. The SMILES string of the molecule is COCc1cccc(CNC(=O)NCc2csc(C(C)(C)C)n2)c1. The minimum Gasteiger partial charge on any atom is -0.380 e. The van der Waals surface area contributed by atoms with E-state index in [4.69, 9.17) is 4.74 Å². The standard InChI is InChI=1S/C18H25N3O2S/c1-18(2,3)16-21-15(12-24-16)10-20-17(22)19-9-13-6-5-7-14(8-13)11-23-4/h5-8,12H,9-11H2,1-4H3,(H2,19,20,22). The fourth-order valence-corrected chi connectivity index (χ4v) is 3.05. The first-order valence-corrected chi connectivity index (χ1v) is 8.80. The van der Waals surface area contributed by atoms with Gasteiger partial charge < -0.3 is 15.4 Å². The van der Waals surface area contributed by atoms with Gasteiger partial charge >= 0.3 is 6.03 Å². The van der Waals surface area contributed by atoms with E-state index in [2.05, 4.69) is 36.4 Å². The number of benzene rings is 1. The second-order valence-electron chi connectivity index (χ2n) is 6.68. The summed E-state index contributed by atoms with van der Waals surface area (Å²) in [5, 5.41) is 8.78. The van der Waals surface area contributed by atoms with E-state index in [0.717, 1.165) is 21.8 Å². The maximum Gasteiger partial charge on any atom is 0.315 e. The van der Waals surface area contributed by atoms with E-state index >= 15 is 0 Å². The van der Waals surface area contributed by atoms with Crippen LogP contribution >= 0.6 is 11.3 Å². The Bertz CT molecular complexity index is 677. The number of hydrogen-bond acceptors (Lipinski definition) is 4. The third-order valence-corrected chi connectivity index (χ3v) is 4.70. The molecule has 0 aliphatic heterocycles. The van der Waals surface area contributed by atoms with Crippen LogP contribution in [0.4, 0.5) is 4.79 Å². The number of rotatable bonds is 6. The molecule has 0 atom stereocenters. The van der Waals surface area contributed by atoms with Crippen molar-refractivity contribution in [2.24, 2.45) is 0 Å². The van der Waals surface area contributed by atoms with E-state index in [-0.39, 0.29) is 11.4 Å². The number of ether oxygens (including phenoxy) is 1. The normalized spacial score (nSPS) is 11.3. The van der Waals surface area contributed by atoms with Crippen LogP contribution < -0.4 is 10.6 Å². The Hall–Kier alpha value is -1.92. The number of amides is 2. The van der Waals surface area contributed by atoms with E-state index in [1.54, 1.807) is 18.4 Å². The highest BCUT2D eigenvalue weighted by molar-refractivity contribution is 7.09. The molecule has 0 fully saturated rings. The second-order valence-corrected chi connectivity index (χ2v) is 7.54.